The van der Waals surface area contributed by atoms with E-state index in [0.717, 1.165) is 13.0 Å². The first-order chi connectivity index (χ1) is 9.19. The molecule has 0 amide bonds. The second kappa shape index (κ2) is 6.66. The van der Waals surface area contributed by atoms with Gasteiger partial charge in [0.25, 0.3) is 0 Å². The molecule has 0 N–H and O–H groups in total. The second-order valence-corrected chi connectivity index (χ2v) is 5.11. The third-order valence-electron chi connectivity index (χ3n) is 3.67. The summed E-state index contributed by atoms with van der Waals surface area (Å²) in [6, 6.07) is 4.64. The maximum absolute atomic E-state index is 13.2. The molecule has 2 rings (SSSR count). The van der Waals surface area contributed by atoms with E-state index < -0.39 is 5.82 Å². The zero-order valence-electron chi connectivity index (χ0n) is 11.3. The number of hydrogen-bond donors (Lipinski definition) is 0. The van der Waals surface area contributed by atoms with E-state index in [9.17, 15) is 9.18 Å². The number of nitrogens with zero attached hydrogens (tertiary/aromatic N) is 1. The maximum Gasteiger partial charge on any atom is 0.150 e. The topological polar surface area (TPSA) is 29.5 Å². The molecule has 1 aliphatic heterocycles. The summed E-state index contributed by atoms with van der Waals surface area (Å²) >= 11 is 0. The number of rotatable bonds is 5. The van der Waals surface area contributed by atoms with Gasteiger partial charge in [0.2, 0.25) is 0 Å². The van der Waals surface area contributed by atoms with Crippen LogP contribution >= 0.6 is 0 Å². The fourth-order valence-corrected chi connectivity index (χ4v) is 2.56. The number of hydrogen-bond acceptors (Lipinski definition) is 3. The van der Waals surface area contributed by atoms with Crippen LogP contribution in [-0.4, -0.2) is 37.4 Å². The SMILES string of the molecule is CN1CCCCC1CCOc1cc(F)cc(C=O)c1. The Morgan fingerprint density at radius 1 is 1.42 bits per heavy atom. The van der Waals surface area contributed by atoms with Crippen LogP contribution in [0.3, 0.4) is 0 Å². The Bertz CT molecular complexity index is 436. The molecule has 1 unspecified atom stereocenters. The molecule has 1 aliphatic rings. The molecule has 1 heterocycles. The highest BCUT2D eigenvalue weighted by molar-refractivity contribution is 5.75. The molecule has 3 nitrogen and oxygen atoms in total. The summed E-state index contributed by atoms with van der Waals surface area (Å²) in [6.07, 6.45) is 5.29. The number of aldehydes is 1. The zero-order valence-corrected chi connectivity index (χ0v) is 11.3. The fourth-order valence-electron chi connectivity index (χ4n) is 2.56. The zero-order chi connectivity index (χ0) is 13.7. The van der Waals surface area contributed by atoms with Crippen molar-refractivity contribution in [3.8, 4) is 5.75 Å². The highest BCUT2D eigenvalue weighted by Crippen LogP contribution is 2.19. The summed E-state index contributed by atoms with van der Waals surface area (Å²) in [4.78, 5) is 13.0. The Morgan fingerprint density at radius 2 is 2.26 bits per heavy atom. The lowest BCUT2D eigenvalue weighted by molar-refractivity contribution is 0.112. The minimum absolute atomic E-state index is 0.310. The Kier molecular flexibility index (Phi) is 4.91. The van der Waals surface area contributed by atoms with Gasteiger partial charge in [-0.25, -0.2) is 4.39 Å². The Balaban J connectivity index is 1.85. The van der Waals surface area contributed by atoms with E-state index in [1.165, 1.54) is 31.4 Å². The van der Waals surface area contributed by atoms with Crippen molar-refractivity contribution < 1.29 is 13.9 Å². The van der Waals surface area contributed by atoms with Gasteiger partial charge in [-0.1, -0.05) is 6.42 Å². The third-order valence-corrected chi connectivity index (χ3v) is 3.67. The van der Waals surface area contributed by atoms with Gasteiger partial charge in [0.15, 0.2) is 0 Å². The van der Waals surface area contributed by atoms with Crippen LogP contribution in [0.5, 0.6) is 5.75 Å². The summed E-state index contributed by atoms with van der Waals surface area (Å²) in [5, 5.41) is 0. The van der Waals surface area contributed by atoms with Gasteiger partial charge >= 0.3 is 0 Å². The van der Waals surface area contributed by atoms with E-state index >= 15 is 0 Å². The molecule has 1 aromatic carbocycles. The van der Waals surface area contributed by atoms with Crippen LogP contribution in [0.25, 0.3) is 0 Å². The molecule has 19 heavy (non-hydrogen) atoms. The molecule has 1 aromatic rings. The predicted molar refractivity (Wildman–Crippen MR) is 72.2 cm³/mol. The molecule has 0 saturated carbocycles. The first-order valence-electron chi connectivity index (χ1n) is 6.78. The molecule has 0 spiro atoms. The van der Waals surface area contributed by atoms with E-state index in [1.54, 1.807) is 6.07 Å². The molecule has 0 radical (unpaired) electrons. The monoisotopic (exact) mass is 265 g/mol. The Labute approximate surface area is 113 Å². The van der Waals surface area contributed by atoms with Crippen molar-refractivity contribution in [2.24, 2.45) is 0 Å². The van der Waals surface area contributed by atoms with Crippen molar-refractivity contribution in [1.82, 2.24) is 4.90 Å². The number of benzene rings is 1. The lowest BCUT2D eigenvalue weighted by Gasteiger charge is -2.32. The van der Waals surface area contributed by atoms with Crippen molar-refractivity contribution >= 4 is 6.29 Å². The summed E-state index contributed by atoms with van der Waals surface area (Å²) in [6.45, 7) is 1.69. The Hall–Kier alpha value is -1.42. The third kappa shape index (κ3) is 4.03. The van der Waals surface area contributed by atoms with Crippen molar-refractivity contribution in [1.29, 1.82) is 0 Å². The van der Waals surface area contributed by atoms with Crippen LogP contribution in [0.2, 0.25) is 0 Å². The number of likely N-dealkylation sites (tertiary alicyclic amines) is 1. The van der Waals surface area contributed by atoms with Gasteiger partial charge in [0.1, 0.15) is 17.9 Å². The predicted octanol–water partition coefficient (Wildman–Crippen LogP) is 2.89. The van der Waals surface area contributed by atoms with E-state index in [1.807, 2.05) is 0 Å². The highest BCUT2D eigenvalue weighted by Gasteiger charge is 2.18. The van der Waals surface area contributed by atoms with E-state index in [-0.39, 0.29) is 0 Å². The first kappa shape index (κ1) is 14.0. The molecule has 1 fully saturated rings. The van der Waals surface area contributed by atoms with Crippen LogP contribution in [0, 0.1) is 5.82 Å². The molecular formula is C15H20FNO2. The summed E-state index contributed by atoms with van der Waals surface area (Å²) in [5.41, 5.74) is 0.310. The van der Waals surface area contributed by atoms with Crippen molar-refractivity contribution in [2.75, 3.05) is 20.2 Å². The van der Waals surface area contributed by atoms with E-state index in [4.69, 9.17) is 4.74 Å². The number of ether oxygens (including phenoxy) is 1. The Morgan fingerprint density at radius 3 is 3.00 bits per heavy atom. The average molecular weight is 265 g/mol. The number of carbonyl (C=O) groups excluding carboxylic acids is 1. The van der Waals surface area contributed by atoms with Gasteiger partial charge in [0.05, 0.1) is 6.61 Å². The molecule has 1 saturated heterocycles. The first-order valence-corrected chi connectivity index (χ1v) is 6.78. The largest absolute Gasteiger partial charge is 0.493 e. The van der Waals surface area contributed by atoms with Crippen molar-refractivity contribution in [2.45, 2.75) is 31.7 Å². The van der Waals surface area contributed by atoms with Gasteiger partial charge in [-0.05, 0) is 45.0 Å². The standard InChI is InChI=1S/C15H20FNO2/c1-17-6-3-2-4-14(17)5-7-19-15-9-12(11-18)8-13(16)10-15/h8-11,14H,2-7H2,1H3. The van der Waals surface area contributed by atoms with E-state index in [0.29, 0.717) is 30.2 Å². The normalized spacial score (nSPS) is 20.2. The van der Waals surface area contributed by atoms with E-state index in [2.05, 4.69) is 11.9 Å². The molecule has 0 bridgehead atoms. The van der Waals surface area contributed by atoms with Crippen LogP contribution < -0.4 is 4.74 Å². The van der Waals surface area contributed by atoms with Gasteiger partial charge in [-0.2, -0.15) is 0 Å². The fraction of sp³-hybridized carbons (Fsp3) is 0.533. The van der Waals surface area contributed by atoms with Crippen molar-refractivity contribution in [3.05, 3.63) is 29.6 Å². The minimum atomic E-state index is -0.436. The quantitative estimate of drug-likeness (QED) is 0.767. The smallest absolute Gasteiger partial charge is 0.150 e. The summed E-state index contributed by atoms with van der Waals surface area (Å²) in [5.74, 6) is -0.00468. The second-order valence-electron chi connectivity index (χ2n) is 5.11. The average Bonchev–Trinajstić information content (AvgIpc) is 2.40. The number of piperidine rings is 1. The molecule has 104 valence electrons. The molecule has 1 atom stereocenters. The molecule has 4 heteroatoms. The molecular weight excluding hydrogens is 245 g/mol. The number of carbonyl (C=O) groups is 1. The summed E-state index contributed by atoms with van der Waals surface area (Å²) < 4.78 is 18.8. The molecule has 0 aliphatic carbocycles. The number of halogens is 1. The van der Waals surface area contributed by atoms with Gasteiger partial charge in [0, 0.05) is 17.7 Å². The van der Waals surface area contributed by atoms with Gasteiger partial charge in [-0.3, -0.25) is 4.79 Å². The lowest BCUT2D eigenvalue weighted by Crippen LogP contribution is -2.37. The maximum atomic E-state index is 13.2. The summed E-state index contributed by atoms with van der Waals surface area (Å²) in [7, 11) is 2.14. The highest BCUT2D eigenvalue weighted by atomic mass is 19.1. The minimum Gasteiger partial charge on any atom is -0.493 e. The molecule has 0 aromatic heterocycles. The van der Waals surface area contributed by atoms with Crippen LogP contribution in [0.15, 0.2) is 18.2 Å². The van der Waals surface area contributed by atoms with Gasteiger partial charge < -0.3 is 9.64 Å². The van der Waals surface area contributed by atoms with Crippen molar-refractivity contribution in [3.63, 3.8) is 0 Å². The van der Waals surface area contributed by atoms with Gasteiger partial charge in [-0.15, -0.1) is 0 Å². The van der Waals surface area contributed by atoms with Crippen LogP contribution in [0.4, 0.5) is 4.39 Å². The lowest BCUT2D eigenvalue weighted by atomic mass is 10.0. The van der Waals surface area contributed by atoms with Crippen LogP contribution in [0.1, 0.15) is 36.0 Å². The van der Waals surface area contributed by atoms with Crippen LogP contribution in [-0.2, 0) is 0 Å².